The van der Waals surface area contributed by atoms with E-state index in [1.165, 1.54) is 6.33 Å². The van der Waals surface area contributed by atoms with Crippen LogP contribution in [0.4, 0.5) is 5.69 Å². The number of carbonyl (C=O) groups is 1. The third kappa shape index (κ3) is 4.30. The lowest BCUT2D eigenvalue weighted by Gasteiger charge is -2.23. The summed E-state index contributed by atoms with van der Waals surface area (Å²) in [5, 5.41) is 9.65. The van der Waals surface area contributed by atoms with Crippen molar-refractivity contribution in [2.45, 2.75) is 12.5 Å². The van der Waals surface area contributed by atoms with Gasteiger partial charge in [-0.2, -0.15) is 5.10 Å². The molecule has 0 bridgehead atoms. The Balaban J connectivity index is 1.68. The maximum absolute atomic E-state index is 12.7. The molecule has 1 amide bonds. The number of anilines is 1. The Labute approximate surface area is 146 Å². The number of aromatic nitrogens is 3. The fraction of sp³-hybridized carbons (Fsp3) is 0.211. The second kappa shape index (κ2) is 7.72. The number of hydrogen-bond donors (Lipinski definition) is 2. The van der Waals surface area contributed by atoms with Crippen LogP contribution in [-0.4, -0.2) is 46.1 Å². The molecular formula is C19H21N5O. The van der Waals surface area contributed by atoms with Crippen molar-refractivity contribution in [3.63, 3.8) is 0 Å². The van der Waals surface area contributed by atoms with E-state index in [0.717, 1.165) is 16.8 Å². The molecule has 0 aliphatic heterocycles. The Bertz CT molecular complexity index is 798. The first-order valence-corrected chi connectivity index (χ1v) is 8.10. The van der Waals surface area contributed by atoms with Crippen LogP contribution in [0.15, 0.2) is 60.9 Å². The summed E-state index contributed by atoms with van der Waals surface area (Å²) in [7, 11) is 3.83. The Kier molecular flexibility index (Phi) is 5.20. The molecule has 2 N–H and O–H groups in total. The molecule has 6 nitrogen and oxygen atoms in total. The van der Waals surface area contributed by atoms with Crippen molar-refractivity contribution in [1.29, 1.82) is 0 Å². The second-order valence-corrected chi connectivity index (χ2v) is 6.07. The minimum Gasteiger partial charge on any atom is -0.325 e. The van der Waals surface area contributed by atoms with Crippen LogP contribution in [0.2, 0.25) is 0 Å². The number of hydrogen-bond acceptors (Lipinski definition) is 4. The second-order valence-electron chi connectivity index (χ2n) is 6.07. The third-order valence-corrected chi connectivity index (χ3v) is 4.04. The van der Waals surface area contributed by atoms with Gasteiger partial charge in [-0.05, 0) is 50.3 Å². The first-order valence-electron chi connectivity index (χ1n) is 8.10. The van der Waals surface area contributed by atoms with E-state index in [4.69, 9.17) is 0 Å². The number of benzene rings is 2. The van der Waals surface area contributed by atoms with Crippen molar-refractivity contribution in [1.82, 2.24) is 20.1 Å². The zero-order chi connectivity index (χ0) is 17.6. The van der Waals surface area contributed by atoms with Crippen LogP contribution in [0.3, 0.4) is 0 Å². The SMILES string of the molecule is CN(C)[C@@H](Cc1ccccc1)C(=O)Nc1ccc(-c2ncn[nH]2)cc1. The first-order chi connectivity index (χ1) is 12.1. The van der Waals surface area contributed by atoms with Crippen LogP contribution in [-0.2, 0) is 11.2 Å². The van der Waals surface area contributed by atoms with E-state index in [1.807, 2.05) is 73.6 Å². The van der Waals surface area contributed by atoms with Crippen LogP contribution in [0.25, 0.3) is 11.4 Å². The number of carbonyl (C=O) groups excluding carboxylic acids is 1. The summed E-state index contributed by atoms with van der Waals surface area (Å²) in [6, 6.07) is 17.3. The highest BCUT2D eigenvalue weighted by molar-refractivity contribution is 5.95. The molecule has 0 saturated heterocycles. The van der Waals surface area contributed by atoms with E-state index in [9.17, 15) is 4.79 Å². The van der Waals surface area contributed by atoms with E-state index in [-0.39, 0.29) is 11.9 Å². The van der Waals surface area contributed by atoms with Crippen LogP contribution < -0.4 is 5.32 Å². The van der Waals surface area contributed by atoms with Gasteiger partial charge in [-0.3, -0.25) is 14.8 Å². The highest BCUT2D eigenvalue weighted by Crippen LogP contribution is 2.18. The van der Waals surface area contributed by atoms with Crippen LogP contribution in [0.5, 0.6) is 0 Å². The van der Waals surface area contributed by atoms with Gasteiger partial charge in [-0.1, -0.05) is 30.3 Å². The van der Waals surface area contributed by atoms with Crippen LogP contribution in [0, 0.1) is 0 Å². The molecule has 0 aliphatic rings. The van der Waals surface area contributed by atoms with E-state index in [1.54, 1.807) is 0 Å². The molecule has 3 rings (SSSR count). The average molecular weight is 335 g/mol. The lowest BCUT2D eigenvalue weighted by molar-refractivity contribution is -0.120. The molecule has 1 atom stereocenters. The van der Waals surface area contributed by atoms with Gasteiger partial charge in [0.2, 0.25) is 5.91 Å². The average Bonchev–Trinajstić information content (AvgIpc) is 3.15. The Hall–Kier alpha value is -2.99. The van der Waals surface area contributed by atoms with E-state index in [2.05, 4.69) is 20.5 Å². The van der Waals surface area contributed by atoms with Crippen molar-refractivity contribution in [2.24, 2.45) is 0 Å². The summed E-state index contributed by atoms with van der Waals surface area (Å²) in [6.45, 7) is 0. The van der Waals surface area contributed by atoms with Crippen LogP contribution >= 0.6 is 0 Å². The molecule has 0 unspecified atom stereocenters. The normalized spacial score (nSPS) is 12.1. The van der Waals surface area contributed by atoms with Gasteiger partial charge < -0.3 is 5.32 Å². The van der Waals surface area contributed by atoms with Crippen LogP contribution in [0.1, 0.15) is 5.56 Å². The van der Waals surface area contributed by atoms with Gasteiger partial charge in [0.15, 0.2) is 5.82 Å². The zero-order valence-corrected chi connectivity index (χ0v) is 14.3. The van der Waals surface area contributed by atoms with Crippen molar-refractivity contribution < 1.29 is 4.79 Å². The Morgan fingerprint density at radius 3 is 2.44 bits per heavy atom. The fourth-order valence-corrected chi connectivity index (χ4v) is 2.63. The lowest BCUT2D eigenvalue weighted by atomic mass is 10.0. The number of amides is 1. The summed E-state index contributed by atoms with van der Waals surface area (Å²) in [6.07, 6.45) is 2.13. The molecule has 25 heavy (non-hydrogen) atoms. The quantitative estimate of drug-likeness (QED) is 0.726. The number of rotatable bonds is 6. The number of H-pyrrole nitrogens is 1. The number of likely N-dealkylation sites (N-methyl/N-ethyl adjacent to an activating group) is 1. The molecule has 0 spiro atoms. The smallest absolute Gasteiger partial charge is 0.242 e. The van der Waals surface area contributed by atoms with Gasteiger partial charge in [-0.25, -0.2) is 4.98 Å². The number of nitrogens with one attached hydrogen (secondary N) is 2. The van der Waals surface area contributed by atoms with Gasteiger partial charge in [0.1, 0.15) is 6.33 Å². The molecule has 0 aliphatic carbocycles. The van der Waals surface area contributed by atoms with Gasteiger partial charge in [0.05, 0.1) is 6.04 Å². The Morgan fingerprint density at radius 2 is 1.84 bits per heavy atom. The summed E-state index contributed by atoms with van der Waals surface area (Å²) < 4.78 is 0. The molecular weight excluding hydrogens is 314 g/mol. The molecule has 128 valence electrons. The van der Waals surface area contributed by atoms with E-state index >= 15 is 0 Å². The van der Waals surface area contributed by atoms with Gasteiger partial charge in [0.25, 0.3) is 0 Å². The van der Waals surface area contributed by atoms with E-state index in [0.29, 0.717) is 12.2 Å². The zero-order valence-electron chi connectivity index (χ0n) is 14.3. The summed E-state index contributed by atoms with van der Waals surface area (Å²) >= 11 is 0. The molecule has 3 aromatic rings. The third-order valence-electron chi connectivity index (χ3n) is 4.04. The molecule has 0 fully saturated rings. The molecule has 6 heteroatoms. The van der Waals surface area contributed by atoms with Gasteiger partial charge >= 0.3 is 0 Å². The summed E-state index contributed by atoms with van der Waals surface area (Å²) in [5.74, 6) is 0.675. The lowest BCUT2D eigenvalue weighted by Crippen LogP contribution is -2.41. The van der Waals surface area contributed by atoms with Gasteiger partial charge in [-0.15, -0.1) is 0 Å². The summed E-state index contributed by atoms with van der Waals surface area (Å²) in [5.41, 5.74) is 2.81. The molecule has 0 saturated carbocycles. The van der Waals surface area contributed by atoms with Crippen molar-refractivity contribution >= 4 is 11.6 Å². The predicted molar refractivity (Wildman–Crippen MR) is 98.1 cm³/mol. The predicted octanol–water partition coefficient (Wildman–Crippen LogP) is 2.58. The molecule has 2 aromatic carbocycles. The minimum atomic E-state index is -0.239. The standard InChI is InChI=1S/C19H21N5O/c1-24(2)17(12-14-6-4-3-5-7-14)19(25)22-16-10-8-15(9-11-16)18-20-13-21-23-18/h3-11,13,17H,12H2,1-2H3,(H,22,25)(H,20,21,23)/t17-/m0/s1. The number of nitrogens with zero attached hydrogens (tertiary/aromatic N) is 3. The van der Waals surface area contributed by atoms with Gasteiger partial charge in [0, 0.05) is 11.3 Å². The fourth-order valence-electron chi connectivity index (χ4n) is 2.63. The van der Waals surface area contributed by atoms with Crippen molar-refractivity contribution in [2.75, 3.05) is 19.4 Å². The summed E-state index contributed by atoms with van der Waals surface area (Å²) in [4.78, 5) is 18.7. The molecule has 0 radical (unpaired) electrons. The minimum absolute atomic E-state index is 0.0266. The topological polar surface area (TPSA) is 73.9 Å². The maximum atomic E-state index is 12.7. The largest absolute Gasteiger partial charge is 0.325 e. The molecule has 1 aromatic heterocycles. The monoisotopic (exact) mass is 335 g/mol. The highest BCUT2D eigenvalue weighted by Gasteiger charge is 2.21. The van der Waals surface area contributed by atoms with Crippen molar-refractivity contribution in [3.8, 4) is 11.4 Å². The van der Waals surface area contributed by atoms with Crippen molar-refractivity contribution in [3.05, 3.63) is 66.5 Å². The maximum Gasteiger partial charge on any atom is 0.242 e. The number of aromatic amines is 1. The first kappa shape index (κ1) is 16.9. The highest BCUT2D eigenvalue weighted by atomic mass is 16.2. The van der Waals surface area contributed by atoms with E-state index < -0.39 is 0 Å². The Morgan fingerprint density at radius 1 is 1.12 bits per heavy atom. The molecule has 1 heterocycles.